The Morgan fingerprint density at radius 3 is 2.07 bits per heavy atom. The van der Waals surface area contributed by atoms with Gasteiger partial charge in [0.05, 0.1) is 0 Å². The van der Waals surface area contributed by atoms with Crippen molar-refractivity contribution in [3.8, 4) is 0 Å². The van der Waals surface area contributed by atoms with Gasteiger partial charge in [0, 0.05) is 6.61 Å². The van der Waals surface area contributed by atoms with E-state index in [9.17, 15) is 14.4 Å². The molecule has 0 aliphatic carbocycles. The van der Waals surface area contributed by atoms with Crippen molar-refractivity contribution >= 4 is 15.9 Å². The van der Waals surface area contributed by atoms with Gasteiger partial charge in [-0.05, 0) is 30.7 Å². The maximum absolute atomic E-state index is 10.4. The zero-order valence-electron chi connectivity index (χ0n) is 10.2. The second kappa shape index (κ2) is 5.10. The number of hydrogen-bond donors (Lipinski definition) is 0. The summed E-state index contributed by atoms with van der Waals surface area (Å²) in [6, 6.07) is 0. The Bertz CT molecular complexity index is 241. The normalized spacial score (nSPS) is 14.3. The lowest BCUT2D eigenvalue weighted by Gasteiger charge is -2.36. The molecule has 0 aromatic carbocycles. The van der Waals surface area contributed by atoms with Gasteiger partial charge < -0.3 is 18.8 Å². The summed E-state index contributed by atoms with van der Waals surface area (Å²) in [7, 11) is -6.15. The van der Waals surface area contributed by atoms with E-state index in [1.165, 1.54) is 0 Å². The Balaban J connectivity index is 3.92. The third-order valence-corrected chi connectivity index (χ3v) is 8.25. The van der Waals surface area contributed by atoms with E-state index in [-0.39, 0.29) is 11.2 Å². The first kappa shape index (κ1) is 15.3. The van der Waals surface area contributed by atoms with Crippen LogP contribution in [-0.4, -0.2) is 21.1 Å². The Morgan fingerprint density at radius 2 is 1.73 bits per heavy atom. The van der Waals surface area contributed by atoms with E-state index < -0.39 is 15.9 Å². The van der Waals surface area contributed by atoms with Crippen LogP contribution in [0.5, 0.6) is 0 Å². The summed E-state index contributed by atoms with van der Waals surface area (Å²) in [5, 5.41) is 0.117. The Hall–Kier alpha value is 0.327. The largest absolute Gasteiger partial charge is 0.811 e. The number of rotatable bonds is 5. The predicted molar refractivity (Wildman–Crippen MR) is 60.2 cm³/mol. The standard InChI is InChI=1S/C9H23O4PSi/c1-9(2,3)15(4,5)13-7-6-8-14(10,11)12/h6-8H2,1-5H3,(H2,10,11,12)/p-2. The fraction of sp³-hybridized carbons (Fsp3) is 1.00. The summed E-state index contributed by atoms with van der Waals surface area (Å²) in [4.78, 5) is 20.8. The van der Waals surface area contributed by atoms with Gasteiger partial charge in [-0.3, -0.25) is 0 Å². The maximum atomic E-state index is 10.4. The molecular weight excluding hydrogens is 231 g/mol. The Labute approximate surface area is 93.3 Å². The van der Waals surface area contributed by atoms with Crippen molar-refractivity contribution in [1.29, 1.82) is 0 Å². The zero-order valence-corrected chi connectivity index (χ0v) is 12.1. The SMILES string of the molecule is CC(C)(C)[Si](C)(C)OCCCP(=O)([O-])[O-]. The van der Waals surface area contributed by atoms with Crippen LogP contribution in [-0.2, 0) is 8.99 Å². The van der Waals surface area contributed by atoms with Crippen LogP contribution in [0.25, 0.3) is 0 Å². The van der Waals surface area contributed by atoms with E-state index in [0.717, 1.165) is 0 Å². The fourth-order valence-electron chi connectivity index (χ4n) is 0.802. The molecule has 92 valence electrons. The van der Waals surface area contributed by atoms with Gasteiger partial charge in [0.2, 0.25) is 0 Å². The molecule has 0 saturated carbocycles. The van der Waals surface area contributed by atoms with Crippen molar-refractivity contribution < 1.29 is 18.8 Å². The summed E-state index contributed by atoms with van der Waals surface area (Å²) in [5.41, 5.74) is 0. The summed E-state index contributed by atoms with van der Waals surface area (Å²) in [5.74, 6) is 0. The van der Waals surface area contributed by atoms with E-state index in [1.807, 2.05) is 0 Å². The van der Waals surface area contributed by atoms with Gasteiger partial charge in [0.1, 0.15) is 0 Å². The van der Waals surface area contributed by atoms with E-state index in [1.54, 1.807) is 0 Å². The van der Waals surface area contributed by atoms with Crippen molar-refractivity contribution in [3.05, 3.63) is 0 Å². The van der Waals surface area contributed by atoms with Crippen LogP contribution in [0.4, 0.5) is 0 Å². The summed E-state index contributed by atoms with van der Waals surface area (Å²) in [6.45, 7) is 10.9. The molecule has 0 rings (SSSR count). The van der Waals surface area contributed by atoms with Crippen LogP contribution in [0.3, 0.4) is 0 Å². The van der Waals surface area contributed by atoms with Crippen LogP contribution in [0.2, 0.25) is 18.1 Å². The molecule has 0 aromatic rings. The second-order valence-corrected chi connectivity index (χ2v) is 11.8. The van der Waals surface area contributed by atoms with Gasteiger partial charge in [-0.25, -0.2) is 0 Å². The van der Waals surface area contributed by atoms with Crippen LogP contribution in [0.1, 0.15) is 27.2 Å². The molecule has 0 atom stereocenters. The zero-order chi connectivity index (χ0) is 12.3. The molecule has 0 amide bonds. The first-order valence-electron chi connectivity index (χ1n) is 5.11. The lowest BCUT2D eigenvalue weighted by Crippen LogP contribution is -2.41. The second-order valence-electron chi connectivity index (χ2n) is 5.30. The van der Waals surface area contributed by atoms with Crippen molar-refractivity contribution in [1.82, 2.24) is 0 Å². The lowest BCUT2D eigenvalue weighted by atomic mass is 10.2. The summed E-state index contributed by atoms with van der Waals surface area (Å²) >= 11 is 0. The third-order valence-electron chi connectivity index (χ3n) is 2.85. The van der Waals surface area contributed by atoms with E-state index in [0.29, 0.717) is 13.0 Å². The van der Waals surface area contributed by atoms with Crippen molar-refractivity contribution in [2.45, 2.75) is 45.3 Å². The Morgan fingerprint density at radius 1 is 1.27 bits per heavy atom. The number of hydrogen-bond acceptors (Lipinski definition) is 4. The molecule has 0 aromatic heterocycles. The topological polar surface area (TPSA) is 72.4 Å². The molecule has 0 aliphatic rings. The molecule has 0 heterocycles. The van der Waals surface area contributed by atoms with Gasteiger partial charge in [-0.15, -0.1) is 0 Å². The molecule has 0 radical (unpaired) electrons. The van der Waals surface area contributed by atoms with Gasteiger partial charge in [0.15, 0.2) is 8.32 Å². The highest BCUT2D eigenvalue weighted by molar-refractivity contribution is 7.48. The van der Waals surface area contributed by atoms with Crippen LogP contribution in [0.15, 0.2) is 0 Å². The average Bonchev–Trinajstić information content (AvgIpc) is 1.94. The summed E-state index contributed by atoms with van der Waals surface area (Å²) in [6.07, 6.45) is -0.00158. The molecule has 0 bridgehead atoms. The molecule has 0 saturated heterocycles. The molecular formula is C9H21O4PSi-2. The Kier molecular flexibility index (Phi) is 5.22. The van der Waals surface area contributed by atoms with E-state index in [2.05, 4.69) is 33.9 Å². The minimum Gasteiger partial charge on any atom is -0.811 e. The molecule has 4 nitrogen and oxygen atoms in total. The van der Waals surface area contributed by atoms with Crippen molar-refractivity contribution in [2.24, 2.45) is 0 Å². The van der Waals surface area contributed by atoms with Crippen LogP contribution < -0.4 is 9.79 Å². The lowest BCUT2D eigenvalue weighted by molar-refractivity contribution is -0.313. The molecule has 6 heteroatoms. The maximum Gasteiger partial charge on any atom is 0.191 e. The summed E-state index contributed by atoms with van der Waals surface area (Å²) < 4.78 is 16.1. The molecule has 0 spiro atoms. The molecule has 0 aliphatic heterocycles. The van der Waals surface area contributed by atoms with Crippen LogP contribution >= 0.6 is 7.60 Å². The minimum absolute atomic E-state index is 0.117. The average molecular weight is 252 g/mol. The highest BCUT2D eigenvalue weighted by Crippen LogP contribution is 2.36. The predicted octanol–water partition coefficient (Wildman–Crippen LogP) is 1.31. The quantitative estimate of drug-likeness (QED) is 0.420. The molecule has 15 heavy (non-hydrogen) atoms. The third kappa shape index (κ3) is 6.48. The molecule has 0 N–H and O–H groups in total. The van der Waals surface area contributed by atoms with E-state index in [4.69, 9.17) is 4.43 Å². The van der Waals surface area contributed by atoms with Crippen molar-refractivity contribution in [3.63, 3.8) is 0 Å². The smallest absolute Gasteiger partial charge is 0.191 e. The molecule has 0 fully saturated rings. The highest BCUT2D eigenvalue weighted by Gasteiger charge is 2.36. The van der Waals surface area contributed by atoms with Gasteiger partial charge in [-0.1, -0.05) is 28.4 Å². The monoisotopic (exact) mass is 252 g/mol. The minimum atomic E-state index is -4.35. The van der Waals surface area contributed by atoms with Gasteiger partial charge in [0.25, 0.3) is 0 Å². The first-order chi connectivity index (χ1) is 6.46. The highest BCUT2D eigenvalue weighted by atomic mass is 31.2. The van der Waals surface area contributed by atoms with Gasteiger partial charge in [-0.2, -0.15) is 0 Å². The first-order valence-corrected chi connectivity index (χ1v) is 9.74. The fourth-order valence-corrected chi connectivity index (χ4v) is 2.41. The van der Waals surface area contributed by atoms with Crippen molar-refractivity contribution in [2.75, 3.05) is 12.8 Å². The van der Waals surface area contributed by atoms with E-state index >= 15 is 0 Å². The van der Waals surface area contributed by atoms with Crippen LogP contribution in [0, 0.1) is 0 Å². The van der Waals surface area contributed by atoms with Gasteiger partial charge >= 0.3 is 0 Å². The molecule has 0 unspecified atom stereocenters.